The molecule has 0 atom stereocenters. The van der Waals surface area contributed by atoms with Gasteiger partial charge in [-0.1, -0.05) is 13.3 Å². The Morgan fingerprint density at radius 1 is 1.08 bits per heavy atom. The van der Waals surface area contributed by atoms with Crippen LogP contribution in [0.5, 0.6) is 0 Å². The van der Waals surface area contributed by atoms with Crippen LogP contribution < -0.4 is 0 Å². The van der Waals surface area contributed by atoms with Crippen LogP contribution >= 0.6 is 0 Å². The van der Waals surface area contributed by atoms with Crippen LogP contribution in [-0.4, -0.2) is 32.2 Å². The molecule has 0 saturated heterocycles. The van der Waals surface area contributed by atoms with Crippen LogP contribution in [0.1, 0.15) is 33.1 Å². The van der Waals surface area contributed by atoms with Gasteiger partial charge >= 0.3 is 0 Å². The van der Waals surface area contributed by atoms with Gasteiger partial charge in [-0.15, -0.1) is 0 Å². The van der Waals surface area contributed by atoms with Crippen LogP contribution in [0.4, 0.5) is 0 Å². The lowest BCUT2D eigenvalue weighted by molar-refractivity contribution is -0.118. The predicted molar refractivity (Wildman–Crippen MR) is 51.8 cm³/mol. The van der Waals surface area contributed by atoms with E-state index in [0.717, 1.165) is 19.4 Å². The summed E-state index contributed by atoms with van der Waals surface area (Å²) < 4.78 is 10.5. The number of ether oxygens (including phenoxy) is 2. The third-order valence-electron chi connectivity index (χ3n) is 1.61. The Kier molecular flexibility index (Phi) is 9.37. The summed E-state index contributed by atoms with van der Waals surface area (Å²) in [6.07, 6.45) is 2.77. The van der Waals surface area contributed by atoms with Crippen LogP contribution in [-0.2, 0) is 14.3 Å². The van der Waals surface area contributed by atoms with Crippen molar-refractivity contribution in [1.29, 1.82) is 0 Å². The fraction of sp³-hybridized carbons (Fsp3) is 0.900. The van der Waals surface area contributed by atoms with E-state index in [2.05, 4.69) is 6.92 Å². The molecule has 0 aliphatic rings. The highest BCUT2D eigenvalue weighted by atomic mass is 16.5. The van der Waals surface area contributed by atoms with Crippen molar-refractivity contribution >= 4 is 5.78 Å². The molecular weight excluding hydrogens is 168 g/mol. The molecule has 0 aliphatic heterocycles. The van der Waals surface area contributed by atoms with Gasteiger partial charge in [-0.3, -0.25) is 4.79 Å². The highest BCUT2D eigenvalue weighted by Crippen LogP contribution is 1.89. The third-order valence-corrected chi connectivity index (χ3v) is 1.61. The number of Topliss-reactive ketones (excluding diaryl/α,β-unsaturated/α-hetero) is 1. The van der Waals surface area contributed by atoms with Gasteiger partial charge in [-0.25, -0.2) is 0 Å². The number of hydrogen-bond donors (Lipinski definition) is 0. The van der Waals surface area contributed by atoms with Gasteiger partial charge < -0.3 is 9.47 Å². The smallest absolute Gasteiger partial charge is 0.132 e. The minimum Gasteiger partial charge on any atom is -0.379 e. The largest absolute Gasteiger partial charge is 0.379 e. The summed E-state index contributed by atoms with van der Waals surface area (Å²) in [4.78, 5) is 10.5. The highest BCUT2D eigenvalue weighted by Gasteiger charge is 1.93. The molecule has 0 radical (unpaired) electrons. The minimum absolute atomic E-state index is 0.173. The Hall–Kier alpha value is -0.410. The molecule has 0 N–H and O–H groups in total. The third kappa shape index (κ3) is 11.6. The van der Waals surface area contributed by atoms with E-state index in [1.165, 1.54) is 0 Å². The van der Waals surface area contributed by atoms with Crippen molar-refractivity contribution in [2.75, 3.05) is 26.4 Å². The van der Waals surface area contributed by atoms with E-state index in [9.17, 15) is 4.79 Å². The molecule has 0 amide bonds. The first-order valence-electron chi connectivity index (χ1n) is 4.92. The topological polar surface area (TPSA) is 35.5 Å². The molecule has 0 saturated carbocycles. The SMILES string of the molecule is CCCCOCCOCCC(C)=O. The number of ketones is 1. The molecule has 0 heterocycles. The normalized spacial score (nSPS) is 10.3. The van der Waals surface area contributed by atoms with Gasteiger partial charge in [0.05, 0.1) is 19.8 Å². The molecule has 0 bridgehead atoms. The fourth-order valence-corrected chi connectivity index (χ4v) is 0.784. The zero-order valence-corrected chi connectivity index (χ0v) is 8.67. The van der Waals surface area contributed by atoms with Crippen LogP contribution in [0, 0.1) is 0 Å². The molecule has 13 heavy (non-hydrogen) atoms. The van der Waals surface area contributed by atoms with Crippen molar-refractivity contribution in [2.24, 2.45) is 0 Å². The molecule has 3 nitrogen and oxygen atoms in total. The number of unbranched alkanes of at least 4 members (excludes halogenated alkanes) is 1. The maximum absolute atomic E-state index is 10.5. The summed E-state index contributed by atoms with van der Waals surface area (Å²) >= 11 is 0. The molecule has 0 aromatic carbocycles. The zero-order valence-electron chi connectivity index (χ0n) is 8.67. The van der Waals surface area contributed by atoms with Gasteiger partial charge in [0, 0.05) is 13.0 Å². The van der Waals surface area contributed by atoms with Gasteiger partial charge in [0.2, 0.25) is 0 Å². The summed E-state index contributed by atoms with van der Waals surface area (Å²) in [5.41, 5.74) is 0. The predicted octanol–water partition coefficient (Wildman–Crippen LogP) is 1.80. The molecule has 0 aromatic heterocycles. The van der Waals surface area contributed by atoms with E-state index < -0.39 is 0 Å². The number of hydrogen-bond acceptors (Lipinski definition) is 3. The molecule has 0 aromatic rings. The fourth-order valence-electron chi connectivity index (χ4n) is 0.784. The minimum atomic E-state index is 0.173. The average molecular weight is 188 g/mol. The Bertz CT molecular complexity index is 123. The second-order valence-corrected chi connectivity index (χ2v) is 3.03. The van der Waals surface area contributed by atoms with Crippen molar-refractivity contribution in [3.8, 4) is 0 Å². The van der Waals surface area contributed by atoms with Crippen molar-refractivity contribution < 1.29 is 14.3 Å². The maximum atomic E-state index is 10.5. The Morgan fingerprint density at radius 3 is 2.23 bits per heavy atom. The highest BCUT2D eigenvalue weighted by molar-refractivity contribution is 5.75. The quantitative estimate of drug-likeness (QED) is 0.517. The number of carbonyl (C=O) groups excluding carboxylic acids is 1. The first-order valence-corrected chi connectivity index (χ1v) is 4.92. The molecule has 0 aliphatic carbocycles. The van der Waals surface area contributed by atoms with Crippen molar-refractivity contribution in [2.45, 2.75) is 33.1 Å². The molecular formula is C10H20O3. The lowest BCUT2D eigenvalue weighted by Gasteiger charge is -2.03. The molecule has 3 heteroatoms. The molecule has 78 valence electrons. The first kappa shape index (κ1) is 12.6. The molecule has 0 spiro atoms. The lowest BCUT2D eigenvalue weighted by atomic mass is 10.3. The molecule has 0 unspecified atom stereocenters. The van der Waals surface area contributed by atoms with Crippen LogP contribution in [0.15, 0.2) is 0 Å². The van der Waals surface area contributed by atoms with Crippen molar-refractivity contribution in [3.63, 3.8) is 0 Å². The Balaban J connectivity index is 2.87. The molecule has 0 rings (SSSR count). The van der Waals surface area contributed by atoms with E-state index in [-0.39, 0.29) is 5.78 Å². The van der Waals surface area contributed by atoms with E-state index in [0.29, 0.717) is 26.2 Å². The van der Waals surface area contributed by atoms with Gasteiger partial charge in [-0.2, -0.15) is 0 Å². The van der Waals surface area contributed by atoms with Gasteiger partial charge in [0.15, 0.2) is 0 Å². The number of carbonyl (C=O) groups is 1. The van der Waals surface area contributed by atoms with Crippen molar-refractivity contribution in [1.82, 2.24) is 0 Å². The summed E-state index contributed by atoms with van der Waals surface area (Å²) in [6, 6.07) is 0. The van der Waals surface area contributed by atoms with Crippen LogP contribution in [0.3, 0.4) is 0 Å². The van der Waals surface area contributed by atoms with Crippen LogP contribution in [0.25, 0.3) is 0 Å². The van der Waals surface area contributed by atoms with E-state index >= 15 is 0 Å². The Labute approximate surface area is 80.4 Å². The molecule has 0 fully saturated rings. The summed E-state index contributed by atoms with van der Waals surface area (Å²) in [6.45, 7) is 6.27. The zero-order chi connectivity index (χ0) is 9.94. The maximum Gasteiger partial charge on any atom is 0.132 e. The second-order valence-electron chi connectivity index (χ2n) is 3.03. The Morgan fingerprint density at radius 2 is 1.69 bits per heavy atom. The van der Waals surface area contributed by atoms with Crippen molar-refractivity contribution in [3.05, 3.63) is 0 Å². The first-order chi connectivity index (χ1) is 6.27. The van der Waals surface area contributed by atoms with Gasteiger partial charge in [0.1, 0.15) is 5.78 Å². The summed E-state index contributed by atoms with van der Waals surface area (Å²) in [5, 5.41) is 0. The van der Waals surface area contributed by atoms with E-state index in [1.54, 1.807) is 6.92 Å². The van der Waals surface area contributed by atoms with Gasteiger partial charge in [-0.05, 0) is 13.3 Å². The summed E-state index contributed by atoms with van der Waals surface area (Å²) in [7, 11) is 0. The van der Waals surface area contributed by atoms with Crippen LogP contribution in [0.2, 0.25) is 0 Å². The average Bonchev–Trinajstić information content (AvgIpc) is 2.09. The monoisotopic (exact) mass is 188 g/mol. The van der Waals surface area contributed by atoms with E-state index in [1.807, 2.05) is 0 Å². The lowest BCUT2D eigenvalue weighted by Crippen LogP contribution is -2.07. The van der Waals surface area contributed by atoms with Gasteiger partial charge in [0.25, 0.3) is 0 Å². The second kappa shape index (κ2) is 9.68. The van der Waals surface area contributed by atoms with E-state index in [4.69, 9.17) is 9.47 Å². The summed E-state index contributed by atoms with van der Waals surface area (Å²) in [5.74, 6) is 0.173. The number of rotatable bonds is 9. The standard InChI is InChI=1S/C10H20O3/c1-3-4-6-12-8-9-13-7-5-10(2)11/h3-9H2,1-2H3.